The molecule has 3 nitrogen and oxygen atoms in total. The van der Waals surface area contributed by atoms with Crippen LogP contribution in [0.3, 0.4) is 0 Å². The second kappa shape index (κ2) is 5.96. The van der Waals surface area contributed by atoms with Gasteiger partial charge >= 0.3 is 5.97 Å². The highest BCUT2D eigenvalue weighted by Crippen LogP contribution is 2.30. The summed E-state index contributed by atoms with van der Waals surface area (Å²) in [5.41, 5.74) is 1.87. The quantitative estimate of drug-likeness (QED) is 0.912. The van der Waals surface area contributed by atoms with Crippen molar-refractivity contribution in [1.82, 2.24) is 4.90 Å². The number of carboxylic acids is 1. The van der Waals surface area contributed by atoms with Gasteiger partial charge < -0.3 is 5.11 Å². The van der Waals surface area contributed by atoms with E-state index in [9.17, 15) is 4.79 Å². The molecule has 1 aliphatic rings. The van der Waals surface area contributed by atoms with E-state index in [2.05, 4.69) is 25.7 Å². The fourth-order valence-electron chi connectivity index (χ4n) is 3.15. The molecule has 1 atom stereocenters. The van der Waals surface area contributed by atoms with E-state index in [1.807, 2.05) is 12.1 Å². The SMILES string of the molecule is CC(C)(C)CC1CCN(Cc2cccc(C(=O)O)c2)C1. The normalized spacial score (nSPS) is 20.2. The van der Waals surface area contributed by atoms with Crippen molar-refractivity contribution in [3.63, 3.8) is 0 Å². The molecule has 3 heteroatoms. The average Bonchev–Trinajstić information content (AvgIpc) is 2.74. The van der Waals surface area contributed by atoms with Gasteiger partial charge in [0.2, 0.25) is 0 Å². The molecule has 0 saturated carbocycles. The number of aromatic carboxylic acids is 1. The molecule has 0 aromatic heterocycles. The summed E-state index contributed by atoms with van der Waals surface area (Å²) in [5.74, 6) is -0.0727. The van der Waals surface area contributed by atoms with Crippen molar-refractivity contribution in [3.05, 3.63) is 35.4 Å². The van der Waals surface area contributed by atoms with E-state index in [1.165, 1.54) is 12.8 Å². The molecule has 2 rings (SSSR count). The van der Waals surface area contributed by atoms with Crippen LogP contribution < -0.4 is 0 Å². The van der Waals surface area contributed by atoms with E-state index in [1.54, 1.807) is 12.1 Å². The molecule has 1 heterocycles. The lowest BCUT2D eigenvalue weighted by Crippen LogP contribution is -2.22. The van der Waals surface area contributed by atoms with Crippen molar-refractivity contribution in [1.29, 1.82) is 0 Å². The van der Waals surface area contributed by atoms with Gasteiger partial charge in [0, 0.05) is 13.1 Å². The highest BCUT2D eigenvalue weighted by atomic mass is 16.4. The van der Waals surface area contributed by atoms with Crippen molar-refractivity contribution in [3.8, 4) is 0 Å². The molecule has 1 aromatic carbocycles. The van der Waals surface area contributed by atoms with Crippen LogP contribution in [0.2, 0.25) is 0 Å². The molecule has 0 bridgehead atoms. The van der Waals surface area contributed by atoms with E-state index in [-0.39, 0.29) is 0 Å². The Hall–Kier alpha value is -1.35. The van der Waals surface area contributed by atoms with Gasteiger partial charge in [0.1, 0.15) is 0 Å². The third kappa shape index (κ3) is 4.34. The Morgan fingerprint density at radius 3 is 2.80 bits per heavy atom. The van der Waals surface area contributed by atoms with Crippen LogP contribution in [0.25, 0.3) is 0 Å². The maximum atomic E-state index is 11.0. The van der Waals surface area contributed by atoms with Crippen LogP contribution in [0.4, 0.5) is 0 Å². The van der Waals surface area contributed by atoms with Gasteiger partial charge in [-0.1, -0.05) is 32.9 Å². The summed E-state index contributed by atoms with van der Waals surface area (Å²) in [6.45, 7) is 10.0. The predicted molar refractivity (Wildman–Crippen MR) is 80.9 cm³/mol. The van der Waals surface area contributed by atoms with Crippen LogP contribution in [-0.2, 0) is 6.54 Å². The summed E-state index contributed by atoms with van der Waals surface area (Å²) in [7, 11) is 0. The molecule has 1 unspecified atom stereocenters. The second-order valence-electron chi connectivity index (χ2n) is 7.16. The van der Waals surface area contributed by atoms with Crippen LogP contribution in [0, 0.1) is 11.3 Å². The Kier molecular flexibility index (Phi) is 4.48. The number of hydrogen-bond acceptors (Lipinski definition) is 2. The minimum Gasteiger partial charge on any atom is -0.478 e. The average molecular weight is 275 g/mol. The monoisotopic (exact) mass is 275 g/mol. The molecular formula is C17H25NO2. The van der Waals surface area contributed by atoms with E-state index in [0.717, 1.165) is 31.1 Å². The molecule has 0 radical (unpaired) electrons. The van der Waals surface area contributed by atoms with Crippen LogP contribution in [0.1, 0.15) is 49.5 Å². The second-order valence-corrected chi connectivity index (χ2v) is 7.16. The van der Waals surface area contributed by atoms with E-state index >= 15 is 0 Å². The molecule has 20 heavy (non-hydrogen) atoms. The van der Waals surface area contributed by atoms with Gasteiger partial charge in [-0.2, -0.15) is 0 Å². The molecule has 1 saturated heterocycles. The standard InChI is InChI=1S/C17H25NO2/c1-17(2,3)10-14-7-8-18(12-14)11-13-5-4-6-15(9-13)16(19)20/h4-6,9,14H,7-8,10-12H2,1-3H3,(H,19,20). The van der Waals surface area contributed by atoms with Gasteiger partial charge in [-0.3, -0.25) is 4.90 Å². The predicted octanol–water partition coefficient (Wildman–Crippen LogP) is 3.64. The molecule has 0 aliphatic carbocycles. The Bertz CT molecular complexity index is 476. The molecule has 0 amide bonds. The third-order valence-electron chi connectivity index (χ3n) is 3.85. The first-order chi connectivity index (χ1) is 9.33. The van der Waals surface area contributed by atoms with E-state index < -0.39 is 5.97 Å². The summed E-state index contributed by atoms with van der Waals surface area (Å²) in [6.07, 6.45) is 2.52. The van der Waals surface area contributed by atoms with Crippen LogP contribution in [0.5, 0.6) is 0 Å². The van der Waals surface area contributed by atoms with Crippen molar-refractivity contribution >= 4 is 5.97 Å². The number of nitrogens with zero attached hydrogens (tertiary/aromatic N) is 1. The smallest absolute Gasteiger partial charge is 0.335 e. The molecule has 1 aromatic rings. The molecule has 1 aliphatic heterocycles. The number of carboxylic acid groups (broad SMARTS) is 1. The first-order valence-electron chi connectivity index (χ1n) is 7.38. The van der Waals surface area contributed by atoms with Crippen LogP contribution in [0.15, 0.2) is 24.3 Å². The Labute approximate surface area is 121 Å². The van der Waals surface area contributed by atoms with Crippen LogP contribution in [-0.4, -0.2) is 29.1 Å². The molecular weight excluding hydrogens is 250 g/mol. The van der Waals surface area contributed by atoms with Gasteiger partial charge in [-0.15, -0.1) is 0 Å². The lowest BCUT2D eigenvalue weighted by molar-refractivity contribution is 0.0696. The summed E-state index contributed by atoms with van der Waals surface area (Å²) in [6, 6.07) is 7.29. The fraction of sp³-hybridized carbons (Fsp3) is 0.588. The molecule has 1 N–H and O–H groups in total. The molecule has 0 spiro atoms. The number of benzene rings is 1. The van der Waals surface area contributed by atoms with Crippen molar-refractivity contribution < 1.29 is 9.90 Å². The minimum atomic E-state index is -0.848. The lowest BCUT2D eigenvalue weighted by Gasteiger charge is -2.23. The first kappa shape index (κ1) is 15.0. The largest absolute Gasteiger partial charge is 0.478 e. The van der Waals surface area contributed by atoms with E-state index in [4.69, 9.17) is 5.11 Å². The summed E-state index contributed by atoms with van der Waals surface area (Å²) in [5, 5.41) is 9.03. The number of hydrogen-bond donors (Lipinski definition) is 1. The van der Waals surface area contributed by atoms with Gasteiger partial charge in [0.05, 0.1) is 5.56 Å². The maximum absolute atomic E-state index is 11.0. The Morgan fingerprint density at radius 1 is 1.40 bits per heavy atom. The zero-order valence-electron chi connectivity index (χ0n) is 12.7. The number of carbonyl (C=O) groups is 1. The number of rotatable bonds is 4. The van der Waals surface area contributed by atoms with Gasteiger partial charge in [-0.25, -0.2) is 4.79 Å². The van der Waals surface area contributed by atoms with Gasteiger partial charge in [0.15, 0.2) is 0 Å². The van der Waals surface area contributed by atoms with E-state index in [0.29, 0.717) is 11.0 Å². The van der Waals surface area contributed by atoms with Crippen LogP contribution >= 0.6 is 0 Å². The molecule has 110 valence electrons. The fourth-order valence-corrected chi connectivity index (χ4v) is 3.15. The summed E-state index contributed by atoms with van der Waals surface area (Å²) < 4.78 is 0. The van der Waals surface area contributed by atoms with Crippen molar-refractivity contribution in [2.45, 2.75) is 40.2 Å². The third-order valence-corrected chi connectivity index (χ3v) is 3.85. The van der Waals surface area contributed by atoms with Crippen molar-refractivity contribution in [2.24, 2.45) is 11.3 Å². The minimum absolute atomic E-state index is 0.382. The van der Waals surface area contributed by atoms with Crippen molar-refractivity contribution in [2.75, 3.05) is 13.1 Å². The highest BCUT2D eigenvalue weighted by Gasteiger charge is 2.26. The van der Waals surface area contributed by atoms with Gasteiger partial charge in [0.25, 0.3) is 0 Å². The summed E-state index contributed by atoms with van der Waals surface area (Å²) in [4.78, 5) is 13.4. The summed E-state index contributed by atoms with van der Waals surface area (Å²) >= 11 is 0. The topological polar surface area (TPSA) is 40.5 Å². The Balaban J connectivity index is 1.92. The van der Waals surface area contributed by atoms with Gasteiger partial charge in [-0.05, 0) is 48.4 Å². The lowest BCUT2D eigenvalue weighted by atomic mass is 9.84. The zero-order chi connectivity index (χ0) is 14.8. The first-order valence-corrected chi connectivity index (χ1v) is 7.38. The molecule has 1 fully saturated rings. The zero-order valence-corrected chi connectivity index (χ0v) is 12.7. The Morgan fingerprint density at radius 2 is 2.15 bits per heavy atom. The highest BCUT2D eigenvalue weighted by molar-refractivity contribution is 5.87. The number of likely N-dealkylation sites (tertiary alicyclic amines) is 1. The maximum Gasteiger partial charge on any atom is 0.335 e.